The molecule has 2 aromatic carbocycles. The van der Waals surface area contributed by atoms with Crippen LogP contribution in [0, 0.1) is 0 Å². The number of nitrogens with zero attached hydrogens (tertiary/aromatic N) is 2. The summed E-state index contributed by atoms with van der Waals surface area (Å²) < 4.78 is 42.6. The molecule has 4 aromatic rings. The van der Waals surface area contributed by atoms with Crippen molar-refractivity contribution in [3.63, 3.8) is 0 Å². The molecular weight excluding hydrogens is 417 g/mol. The van der Waals surface area contributed by atoms with Crippen LogP contribution >= 0.6 is 0 Å². The Labute approximate surface area is 184 Å². The fourth-order valence-corrected chi connectivity index (χ4v) is 3.13. The number of rotatable bonds is 7. The van der Waals surface area contributed by atoms with Gasteiger partial charge < -0.3 is 14.7 Å². The van der Waals surface area contributed by atoms with Crippen LogP contribution in [-0.4, -0.2) is 27.0 Å². The van der Waals surface area contributed by atoms with Gasteiger partial charge in [0.1, 0.15) is 5.75 Å². The van der Waals surface area contributed by atoms with Gasteiger partial charge in [-0.05, 0) is 55.0 Å². The number of nitrogens with one attached hydrogen (secondary N) is 2. The van der Waals surface area contributed by atoms with E-state index in [2.05, 4.69) is 32.1 Å². The molecule has 32 heavy (non-hydrogen) atoms. The maximum Gasteiger partial charge on any atom is 0.416 e. The Hall–Kier alpha value is -3.55. The van der Waals surface area contributed by atoms with Crippen LogP contribution in [0.15, 0.2) is 73.6 Å². The number of methoxy groups -OCH3 is 1. The summed E-state index contributed by atoms with van der Waals surface area (Å²) in [5, 5.41) is 0. The number of aromatic amines is 2. The molecule has 0 amide bonds. The summed E-state index contributed by atoms with van der Waals surface area (Å²) in [6.45, 7) is 0. The number of aryl methyl sites for hydroxylation is 4. The van der Waals surface area contributed by atoms with Gasteiger partial charge in [0.05, 0.1) is 36.7 Å². The standard InChI is InChI=1S/C12H11F3N2.C12H14N2O/c13-12(14,15)10-3-1-2-9(6-10)4-5-11-7-16-8-17-11;1-15-12-4-2-3-10(7-12)5-6-11-8-13-9-14-11/h1-3,6-8H,4-5H2,(H,16,17);2-4,7-9H,5-6H2,1H3,(H,13,14). The van der Waals surface area contributed by atoms with E-state index in [4.69, 9.17) is 4.74 Å². The molecular formula is C24H25F3N4O. The normalized spacial score (nSPS) is 11.0. The van der Waals surface area contributed by atoms with Crippen molar-refractivity contribution < 1.29 is 17.9 Å². The molecule has 2 aromatic heterocycles. The van der Waals surface area contributed by atoms with Crippen LogP contribution < -0.4 is 4.74 Å². The first-order valence-corrected chi connectivity index (χ1v) is 10.2. The second-order valence-electron chi connectivity index (χ2n) is 7.17. The zero-order chi connectivity index (χ0) is 22.8. The fraction of sp³-hybridized carbons (Fsp3) is 0.250. The van der Waals surface area contributed by atoms with Gasteiger partial charge in [-0.1, -0.05) is 30.3 Å². The maximum absolute atomic E-state index is 12.5. The van der Waals surface area contributed by atoms with E-state index in [1.807, 2.05) is 18.3 Å². The first kappa shape index (κ1) is 23.1. The average Bonchev–Trinajstić information content (AvgIpc) is 3.51. The third kappa shape index (κ3) is 7.30. The third-order valence-electron chi connectivity index (χ3n) is 4.84. The molecule has 0 radical (unpaired) electrons. The van der Waals surface area contributed by atoms with E-state index < -0.39 is 11.7 Å². The molecule has 0 fully saturated rings. The molecule has 5 nitrogen and oxygen atoms in total. The molecule has 2 heterocycles. The van der Waals surface area contributed by atoms with E-state index in [0.717, 1.165) is 36.0 Å². The molecule has 0 unspecified atom stereocenters. The molecule has 0 atom stereocenters. The van der Waals surface area contributed by atoms with Crippen LogP contribution in [0.25, 0.3) is 0 Å². The van der Waals surface area contributed by atoms with Gasteiger partial charge in [0.25, 0.3) is 0 Å². The van der Waals surface area contributed by atoms with Gasteiger partial charge in [-0.3, -0.25) is 0 Å². The SMILES string of the molecule is COc1cccc(CCc2c[nH]cn2)c1.FC(F)(F)c1cccc(CCc2c[nH]cn2)c1. The molecule has 0 saturated carbocycles. The van der Waals surface area contributed by atoms with Gasteiger partial charge in [-0.25, -0.2) is 9.97 Å². The van der Waals surface area contributed by atoms with Crippen molar-refractivity contribution in [3.8, 4) is 5.75 Å². The third-order valence-corrected chi connectivity index (χ3v) is 4.84. The second-order valence-corrected chi connectivity index (χ2v) is 7.17. The molecule has 4 rings (SSSR count). The number of ether oxygens (including phenoxy) is 1. The molecule has 0 saturated heterocycles. The van der Waals surface area contributed by atoms with E-state index in [9.17, 15) is 13.2 Å². The zero-order valence-electron chi connectivity index (χ0n) is 17.7. The van der Waals surface area contributed by atoms with Gasteiger partial charge >= 0.3 is 6.18 Å². The highest BCUT2D eigenvalue weighted by atomic mass is 19.4. The van der Waals surface area contributed by atoms with E-state index >= 15 is 0 Å². The lowest BCUT2D eigenvalue weighted by Crippen LogP contribution is -2.05. The predicted octanol–water partition coefficient (Wildman–Crippen LogP) is 5.42. The van der Waals surface area contributed by atoms with E-state index in [1.54, 1.807) is 32.0 Å². The Morgan fingerprint density at radius 3 is 1.84 bits per heavy atom. The van der Waals surface area contributed by atoms with Gasteiger partial charge in [-0.2, -0.15) is 13.2 Å². The molecule has 0 aliphatic rings. The molecule has 0 aliphatic carbocycles. The minimum Gasteiger partial charge on any atom is -0.497 e. The van der Waals surface area contributed by atoms with Gasteiger partial charge in [0.2, 0.25) is 0 Å². The highest BCUT2D eigenvalue weighted by molar-refractivity contribution is 5.29. The zero-order valence-corrected chi connectivity index (χ0v) is 17.7. The highest BCUT2D eigenvalue weighted by Gasteiger charge is 2.30. The molecule has 8 heteroatoms. The number of H-pyrrole nitrogens is 2. The topological polar surface area (TPSA) is 66.6 Å². The summed E-state index contributed by atoms with van der Waals surface area (Å²) in [4.78, 5) is 14.0. The number of halogens is 3. The molecule has 168 valence electrons. The number of imidazole rings is 2. The quantitative estimate of drug-likeness (QED) is 0.402. The number of alkyl halides is 3. The van der Waals surface area contributed by atoms with E-state index in [-0.39, 0.29) is 0 Å². The van der Waals surface area contributed by atoms with Crippen molar-refractivity contribution in [1.29, 1.82) is 0 Å². The highest BCUT2D eigenvalue weighted by Crippen LogP contribution is 2.29. The molecule has 2 N–H and O–H groups in total. The second kappa shape index (κ2) is 11.2. The van der Waals surface area contributed by atoms with Gasteiger partial charge in [-0.15, -0.1) is 0 Å². The molecule has 0 bridgehead atoms. The first-order chi connectivity index (χ1) is 15.4. The fourth-order valence-electron chi connectivity index (χ4n) is 3.13. The summed E-state index contributed by atoms with van der Waals surface area (Å²) >= 11 is 0. The van der Waals surface area contributed by atoms with Crippen LogP contribution in [0.1, 0.15) is 28.1 Å². The van der Waals surface area contributed by atoms with Crippen molar-refractivity contribution in [1.82, 2.24) is 19.9 Å². The average molecular weight is 442 g/mol. The van der Waals surface area contributed by atoms with Crippen molar-refractivity contribution in [2.24, 2.45) is 0 Å². The summed E-state index contributed by atoms with van der Waals surface area (Å²) in [6, 6.07) is 13.5. The summed E-state index contributed by atoms with van der Waals surface area (Å²) in [5.41, 5.74) is 3.29. The number of hydrogen-bond acceptors (Lipinski definition) is 3. The number of hydrogen-bond donors (Lipinski definition) is 2. The summed E-state index contributed by atoms with van der Waals surface area (Å²) in [6.07, 6.45) is 5.79. The minimum atomic E-state index is -4.28. The molecule has 0 aliphatic heterocycles. The lowest BCUT2D eigenvalue weighted by molar-refractivity contribution is -0.137. The first-order valence-electron chi connectivity index (χ1n) is 10.2. The lowest BCUT2D eigenvalue weighted by Gasteiger charge is -2.08. The Morgan fingerprint density at radius 1 is 0.781 bits per heavy atom. The van der Waals surface area contributed by atoms with Gasteiger partial charge in [0, 0.05) is 12.4 Å². The summed E-state index contributed by atoms with van der Waals surface area (Å²) in [7, 11) is 1.69. The lowest BCUT2D eigenvalue weighted by atomic mass is 10.1. The maximum atomic E-state index is 12.5. The van der Waals surface area contributed by atoms with Crippen LogP contribution in [0.3, 0.4) is 0 Å². The van der Waals surface area contributed by atoms with Crippen molar-refractivity contribution in [3.05, 3.63) is 102 Å². The Bertz CT molecular complexity index is 1060. The Morgan fingerprint density at radius 2 is 1.34 bits per heavy atom. The molecule has 0 spiro atoms. The van der Waals surface area contributed by atoms with E-state index in [0.29, 0.717) is 18.4 Å². The largest absolute Gasteiger partial charge is 0.497 e. The predicted molar refractivity (Wildman–Crippen MR) is 116 cm³/mol. The van der Waals surface area contributed by atoms with Crippen molar-refractivity contribution in [2.75, 3.05) is 7.11 Å². The van der Waals surface area contributed by atoms with Crippen LogP contribution in [0.5, 0.6) is 5.75 Å². The monoisotopic (exact) mass is 442 g/mol. The smallest absolute Gasteiger partial charge is 0.416 e. The Balaban J connectivity index is 0.000000182. The van der Waals surface area contributed by atoms with Crippen molar-refractivity contribution in [2.45, 2.75) is 31.9 Å². The van der Waals surface area contributed by atoms with Crippen LogP contribution in [0.2, 0.25) is 0 Å². The number of aromatic nitrogens is 4. The van der Waals surface area contributed by atoms with Gasteiger partial charge in [0.15, 0.2) is 0 Å². The number of benzene rings is 2. The summed E-state index contributed by atoms with van der Waals surface area (Å²) in [5.74, 6) is 0.912. The Kier molecular flexibility index (Phi) is 8.08. The van der Waals surface area contributed by atoms with Crippen LogP contribution in [-0.2, 0) is 31.9 Å². The minimum absolute atomic E-state index is 0.550. The van der Waals surface area contributed by atoms with Crippen molar-refractivity contribution >= 4 is 0 Å². The van der Waals surface area contributed by atoms with E-state index in [1.165, 1.54) is 17.7 Å². The van der Waals surface area contributed by atoms with Crippen LogP contribution in [0.4, 0.5) is 13.2 Å².